The van der Waals surface area contributed by atoms with Crippen molar-refractivity contribution in [1.29, 1.82) is 0 Å². The highest BCUT2D eigenvalue weighted by atomic mass is 16.2. The molecule has 0 radical (unpaired) electrons. The van der Waals surface area contributed by atoms with Gasteiger partial charge in [-0.3, -0.25) is 4.79 Å². The fourth-order valence-electron chi connectivity index (χ4n) is 3.79. The monoisotopic (exact) mass is 266 g/mol. The van der Waals surface area contributed by atoms with Gasteiger partial charge in [0.15, 0.2) is 0 Å². The molecule has 0 bridgehead atoms. The van der Waals surface area contributed by atoms with Gasteiger partial charge in [-0.05, 0) is 36.6 Å². The Morgan fingerprint density at radius 1 is 1.26 bits per heavy atom. The summed E-state index contributed by atoms with van der Waals surface area (Å²) in [6.07, 6.45) is 3.40. The third-order valence-corrected chi connectivity index (χ3v) is 5.73. The largest absolute Gasteiger partial charge is 0.338 e. The first-order valence-corrected chi connectivity index (χ1v) is 7.85. The Kier molecular flexibility index (Phi) is 3.97. The molecular weight excluding hydrogens is 236 g/mol. The van der Waals surface area contributed by atoms with Gasteiger partial charge < -0.3 is 10.2 Å². The number of nitrogens with one attached hydrogen (secondary N) is 1. The maximum atomic E-state index is 12.9. The summed E-state index contributed by atoms with van der Waals surface area (Å²) in [6, 6.07) is 0.411. The van der Waals surface area contributed by atoms with Crippen LogP contribution in [0.4, 0.5) is 0 Å². The second kappa shape index (κ2) is 5.08. The first kappa shape index (κ1) is 14.8. The summed E-state index contributed by atoms with van der Waals surface area (Å²) in [5.41, 5.74) is 0.302. The summed E-state index contributed by atoms with van der Waals surface area (Å²) in [5, 5.41) is 3.44. The highest BCUT2D eigenvalue weighted by molar-refractivity contribution is 5.84. The molecular formula is C16H30N2O. The van der Waals surface area contributed by atoms with E-state index in [0.717, 1.165) is 32.5 Å². The van der Waals surface area contributed by atoms with Crippen LogP contribution in [0.15, 0.2) is 0 Å². The van der Waals surface area contributed by atoms with Crippen LogP contribution in [0.3, 0.4) is 0 Å². The van der Waals surface area contributed by atoms with Gasteiger partial charge in [-0.15, -0.1) is 0 Å². The molecule has 2 rings (SSSR count). The molecule has 0 aromatic carbocycles. The summed E-state index contributed by atoms with van der Waals surface area (Å²) in [6.45, 7) is 14.1. The molecule has 1 N–H and O–H groups in total. The van der Waals surface area contributed by atoms with Crippen LogP contribution < -0.4 is 5.32 Å². The lowest BCUT2D eigenvalue weighted by molar-refractivity contribution is -0.136. The van der Waals surface area contributed by atoms with Gasteiger partial charge in [0.1, 0.15) is 0 Å². The maximum Gasteiger partial charge on any atom is 0.227 e. The minimum atomic E-state index is 0.151. The number of hydrogen-bond acceptors (Lipinski definition) is 2. The molecule has 0 aromatic rings. The van der Waals surface area contributed by atoms with Crippen LogP contribution in [-0.2, 0) is 4.79 Å². The lowest BCUT2D eigenvalue weighted by Crippen LogP contribution is -2.50. The Hall–Kier alpha value is -0.570. The van der Waals surface area contributed by atoms with Crippen molar-refractivity contribution in [3.8, 4) is 0 Å². The predicted molar refractivity (Wildman–Crippen MR) is 78.9 cm³/mol. The van der Waals surface area contributed by atoms with Crippen LogP contribution in [0.5, 0.6) is 0 Å². The first-order chi connectivity index (χ1) is 8.84. The van der Waals surface area contributed by atoms with Crippen LogP contribution in [-0.4, -0.2) is 36.5 Å². The summed E-state index contributed by atoms with van der Waals surface area (Å²) in [5.74, 6) is 0.596. The van der Waals surface area contributed by atoms with E-state index in [9.17, 15) is 4.79 Å². The fourth-order valence-corrected chi connectivity index (χ4v) is 3.79. The van der Waals surface area contributed by atoms with Crippen LogP contribution in [0.1, 0.15) is 53.9 Å². The average molecular weight is 266 g/mol. The molecule has 1 aliphatic carbocycles. The zero-order chi connectivity index (χ0) is 14.3. The molecule has 1 unspecified atom stereocenters. The van der Waals surface area contributed by atoms with Crippen LogP contribution in [0.25, 0.3) is 0 Å². The molecule has 110 valence electrons. The van der Waals surface area contributed by atoms with Crippen LogP contribution >= 0.6 is 0 Å². The van der Waals surface area contributed by atoms with Crippen molar-refractivity contribution < 1.29 is 4.79 Å². The van der Waals surface area contributed by atoms with Crippen molar-refractivity contribution in [2.75, 3.05) is 19.6 Å². The quantitative estimate of drug-likeness (QED) is 0.848. The normalized spacial score (nSPS) is 29.0. The standard InChI is InChI=1S/C16H30N2O/c1-6-10-18(12-8-7-9-17-11-12)14(19)13-15(2,3)16(13,4)5/h12-13,17H,6-11H2,1-5H3. The smallest absolute Gasteiger partial charge is 0.227 e. The molecule has 0 aromatic heterocycles. The molecule has 2 fully saturated rings. The maximum absolute atomic E-state index is 12.9. The van der Waals surface area contributed by atoms with E-state index in [1.165, 1.54) is 6.42 Å². The zero-order valence-electron chi connectivity index (χ0n) is 13.3. The number of nitrogens with zero attached hydrogens (tertiary/aromatic N) is 1. The van der Waals surface area contributed by atoms with Crippen LogP contribution in [0.2, 0.25) is 0 Å². The Labute approximate surface area is 118 Å². The van der Waals surface area contributed by atoms with Crippen LogP contribution in [0, 0.1) is 16.7 Å². The molecule has 19 heavy (non-hydrogen) atoms. The Bertz CT molecular complexity index is 329. The van der Waals surface area contributed by atoms with Crippen molar-refractivity contribution in [3.63, 3.8) is 0 Å². The highest BCUT2D eigenvalue weighted by Gasteiger charge is 2.69. The first-order valence-electron chi connectivity index (χ1n) is 7.85. The van der Waals surface area contributed by atoms with Crippen molar-refractivity contribution in [2.24, 2.45) is 16.7 Å². The Morgan fingerprint density at radius 3 is 2.32 bits per heavy atom. The molecule has 3 nitrogen and oxygen atoms in total. The summed E-state index contributed by atoms with van der Waals surface area (Å²) in [7, 11) is 0. The number of amides is 1. The SMILES string of the molecule is CCCN(C(=O)C1C(C)(C)C1(C)C)C1CCCNC1. The minimum absolute atomic E-state index is 0.151. The number of hydrogen-bond donors (Lipinski definition) is 1. The van der Waals surface area contributed by atoms with Gasteiger partial charge in [-0.1, -0.05) is 34.6 Å². The molecule has 1 saturated carbocycles. The number of piperidine rings is 1. The third kappa shape index (κ3) is 2.42. The van der Waals surface area contributed by atoms with Crippen molar-refractivity contribution >= 4 is 5.91 Å². The Morgan fingerprint density at radius 2 is 1.89 bits per heavy atom. The van der Waals surface area contributed by atoms with E-state index in [1.807, 2.05) is 0 Å². The van der Waals surface area contributed by atoms with Crippen molar-refractivity contribution in [2.45, 2.75) is 59.9 Å². The van der Waals surface area contributed by atoms with Gasteiger partial charge >= 0.3 is 0 Å². The summed E-state index contributed by atoms with van der Waals surface area (Å²) >= 11 is 0. The molecule has 2 aliphatic rings. The van der Waals surface area contributed by atoms with Crippen molar-refractivity contribution in [1.82, 2.24) is 10.2 Å². The summed E-state index contributed by atoms with van der Waals surface area (Å²) < 4.78 is 0. The molecule has 0 spiro atoms. The third-order valence-electron chi connectivity index (χ3n) is 5.73. The minimum Gasteiger partial charge on any atom is -0.338 e. The molecule has 1 aliphatic heterocycles. The van der Waals surface area contributed by atoms with E-state index in [-0.39, 0.29) is 16.7 Å². The molecule has 1 heterocycles. The van der Waals surface area contributed by atoms with Gasteiger partial charge in [-0.2, -0.15) is 0 Å². The number of rotatable bonds is 4. The molecule has 3 heteroatoms. The average Bonchev–Trinajstić information content (AvgIpc) is 2.77. The van der Waals surface area contributed by atoms with E-state index >= 15 is 0 Å². The van der Waals surface area contributed by atoms with Gasteiger partial charge in [0.05, 0.1) is 0 Å². The zero-order valence-corrected chi connectivity index (χ0v) is 13.3. The molecule has 1 atom stereocenters. The fraction of sp³-hybridized carbons (Fsp3) is 0.938. The molecule has 1 saturated heterocycles. The summed E-state index contributed by atoms with van der Waals surface area (Å²) in [4.78, 5) is 15.1. The molecule has 1 amide bonds. The van der Waals surface area contributed by atoms with E-state index in [0.29, 0.717) is 11.9 Å². The lowest BCUT2D eigenvalue weighted by atomic mass is 10.0. The van der Waals surface area contributed by atoms with E-state index in [1.54, 1.807) is 0 Å². The predicted octanol–water partition coefficient (Wildman–Crippen LogP) is 2.66. The lowest BCUT2D eigenvalue weighted by Gasteiger charge is -2.35. The number of carbonyl (C=O) groups excluding carboxylic acids is 1. The van der Waals surface area contributed by atoms with Gasteiger partial charge in [0, 0.05) is 25.0 Å². The van der Waals surface area contributed by atoms with Gasteiger partial charge in [0.2, 0.25) is 5.91 Å². The second-order valence-corrected chi connectivity index (χ2v) is 7.41. The second-order valence-electron chi connectivity index (χ2n) is 7.41. The van der Waals surface area contributed by atoms with Crippen molar-refractivity contribution in [3.05, 3.63) is 0 Å². The van der Waals surface area contributed by atoms with E-state index in [2.05, 4.69) is 44.8 Å². The Balaban J connectivity index is 2.09. The van der Waals surface area contributed by atoms with Gasteiger partial charge in [-0.25, -0.2) is 0 Å². The number of carbonyl (C=O) groups is 1. The van der Waals surface area contributed by atoms with E-state index < -0.39 is 0 Å². The van der Waals surface area contributed by atoms with E-state index in [4.69, 9.17) is 0 Å². The topological polar surface area (TPSA) is 32.3 Å². The van der Waals surface area contributed by atoms with Gasteiger partial charge in [0.25, 0.3) is 0 Å². The highest BCUT2D eigenvalue weighted by Crippen LogP contribution is 2.68.